The van der Waals surface area contributed by atoms with Crippen molar-refractivity contribution >= 4 is 23.4 Å². The number of carbonyl (C=O) groups is 3. The van der Waals surface area contributed by atoms with Crippen molar-refractivity contribution in [1.29, 1.82) is 5.26 Å². The number of piperazine rings is 1. The van der Waals surface area contributed by atoms with Crippen LogP contribution in [0.4, 0.5) is 18.9 Å². The van der Waals surface area contributed by atoms with Crippen LogP contribution in [0.3, 0.4) is 0 Å². The number of nitrogens with zero attached hydrogens (tertiary/aromatic N) is 5. The average molecular weight is 530 g/mol. The summed E-state index contributed by atoms with van der Waals surface area (Å²) < 4.78 is 45.1. The van der Waals surface area contributed by atoms with Crippen LogP contribution in [-0.2, 0) is 15.8 Å². The number of aromatic nitrogens is 1. The molecule has 0 saturated carbocycles. The minimum atomic E-state index is -4.80. The van der Waals surface area contributed by atoms with E-state index in [2.05, 4.69) is 10.1 Å². The third kappa shape index (κ3) is 5.47. The van der Waals surface area contributed by atoms with Gasteiger partial charge in [0.2, 0.25) is 0 Å². The Balaban J connectivity index is 1.29. The molecule has 1 aromatic heterocycles. The Morgan fingerprint density at radius 3 is 2.39 bits per heavy atom. The number of carbonyl (C=O) groups excluding carboxylic acids is 3. The Kier molecular flexibility index (Phi) is 7.68. The number of anilines is 1. The van der Waals surface area contributed by atoms with Crippen LogP contribution < -0.4 is 4.90 Å². The number of imide groups is 1. The first-order valence-corrected chi connectivity index (χ1v) is 12.2. The first-order valence-electron chi connectivity index (χ1n) is 12.2. The molecule has 2 aliphatic rings. The van der Waals surface area contributed by atoms with Gasteiger partial charge in [-0.05, 0) is 57.9 Å². The Morgan fingerprint density at radius 2 is 1.79 bits per heavy atom. The molecule has 9 nitrogen and oxygen atoms in total. The van der Waals surface area contributed by atoms with E-state index < -0.39 is 29.1 Å². The van der Waals surface area contributed by atoms with Crippen LogP contribution in [0.1, 0.15) is 53.6 Å². The largest absolute Gasteiger partial charge is 0.417 e. The van der Waals surface area contributed by atoms with E-state index >= 15 is 0 Å². The number of hydrogen-bond donors (Lipinski definition) is 0. The molecule has 38 heavy (non-hydrogen) atoms. The summed E-state index contributed by atoms with van der Waals surface area (Å²) >= 11 is 0. The fraction of sp³-hybridized carbons (Fsp3) is 0.423. The van der Waals surface area contributed by atoms with Crippen molar-refractivity contribution in [2.45, 2.75) is 39.3 Å². The predicted octanol–water partition coefficient (Wildman–Crippen LogP) is 3.69. The van der Waals surface area contributed by atoms with E-state index in [0.717, 1.165) is 23.9 Å². The molecule has 0 radical (unpaired) electrons. The minimum absolute atomic E-state index is 0.164. The summed E-state index contributed by atoms with van der Waals surface area (Å²) in [5.41, 5.74) is -1.20. The van der Waals surface area contributed by atoms with Gasteiger partial charge in [-0.15, -0.1) is 0 Å². The molecular formula is C26H26F3N5O4. The predicted molar refractivity (Wildman–Crippen MR) is 129 cm³/mol. The number of benzene rings is 1. The molecule has 2 aromatic rings. The molecule has 3 heterocycles. The monoisotopic (exact) mass is 529 g/mol. The molecule has 1 aromatic carbocycles. The Hall–Kier alpha value is -3.98. The van der Waals surface area contributed by atoms with Gasteiger partial charge in [0.25, 0.3) is 17.7 Å². The number of halogens is 3. The van der Waals surface area contributed by atoms with Crippen LogP contribution in [0.25, 0.3) is 0 Å². The molecule has 3 amide bonds. The molecule has 2 aliphatic heterocycles. The van der Waals surface area contributed by atoms with E-state index in [4.69, 9.17) is 9.78 Å². The van der Waals surface area contributed by atoms with Gasteiger partial charge in [0, 0.05) is 43.4 Å². The normalized spacial score (nSPS) is 16.9. The molecule has 200 valence electrons. The van der Waals surface area contributed by atoms with Crippen molar-refractivity contribution < 1.29 is 32.1 Å². The topological polar surface area (TPSA) is 111 Å². The van der Waals surface area contributed by atoms with E-state index in [-0.39, 0.29) is 22.7 Å². The summed E-state index contributed by atoms with van der Waals surface area (Å²) in [6.45, 7) is 6.46. The van der Waals surface area contributed by atoms with Gasteiger partial charge in [0.15, 0.2) is 5.69 Å². The standard InChI is InChI=1S/C26H26F3N5O4/c1-16-13-22(31-38-16)25(37)33-11-9-32(10-12-33)8-4-3-5-20-17(2)23(35)34(24(20)36)19-7-6-18(15-30)21(14-19)26(27,28)29/h6-7,13-14H,3-5,8-12H2,1-2H3. The van der Waals surface area contributed by atoms with Crippen molar-refractivity contribution in [3.63, 3.8) is 0 Å². The summed E-state index contributed by atoms with van der Waals surface area (Å²) in [5.74, 6) is -0.889. The molecule has 0 bridgehead atoms. The fourth-order valence-electron chi connectivity index (χ4n) is 4.66. The highest BCUT2D eigenvalue weighted by Gasteiger charge is 2.39. The van der Waals surface area contributed by atoms with Gasteiger partial charge in [-0.25, -0.2) is 4.90 Å². The summed E-state index contributed by atoms with van der Waals surface area (Å²) in [5, 5.41) is 12.8. The number of rotatable bonds is 7. The summed E-state index contributed by atoms with van der Waals surface area (Å²) in [6, 6.07) is 5.90. The molecule has 4 rings (SSSR count). The molecule has 12 heteroatoms. The van der Waals surface area contributed by atoms with Gasteiger partial charge >= 0.3 is 6.18 Å². The van der Waals surface area contributed by atoms with Crippen molar-refractivity contribution in [2.24, 2.45) is 0 Å². The first-order chi connectivity index (χ1) is 18.0. The zero-order chi connectivity index (χ0) is 27.6. The molecular weight excluding hydrogens is 503 g/mol. The fourth-order valence-corrected chi connectivity index (χ4v) is 4.66. The number of amides is 3. The second-order valence-corrected chi connectivity index (χ2v) is 9.30. The molecule has 1 saturated heterocycles. The van der Waals surface area contributed by atoms with E-state index in [1.54, 1.807) is 17.9 Å². The molecule has 1 fully saturated rings. The lowest BCUT2D eigenvalue weighted by Crippen LogP contribution is -2.48. The highest BCUT2D eigenvalue weighted by Crippen LogP contribution is 2.36. The van der Waals surface area contributed by atoms with E-state index in [1.807, 2.05) is 0 Å². The zero-order valence-corrected chi connectivity index (χ0v) is 21.0. The number of alkyl halides is 3. The summed E-state index contributed by atoms with van der Waals surface area (Å²) in [6.07, 6.45) is -3.13. The van der Waals surface area contributed by atoms with Gasteiger partial charge in [-0.2, -0.15) is 18.4 Å². The Labute approximate surface area is 217 Å². The lowest BCUT2D eigenvalue weighted by Gasteiger charge is -2.34. The first kappa shape index (κ1) is 27.1. The SMILES string of the molecule is CC1=C(CCCCN2CCN(C(=O)c3cc(C)on3)CC2)C(=O)N(c2ccc(C#N)c(C(F)(F)F)c2)C1=O. The van der Waals surface area contributed by atoms with Gasteiger partial charge < -0.3 is 9.42 Å². The quantitative estimate of drug-likeness (QED) is 0.397. The van der Waals surface area contributed by atoms with Crippen LogP contribution in [0, 0.1) is 18.3 Å². The number of aryl methyl sites for hydroxylation is 1. The maximum Gasteiger partial charge on any atom is 0.417 e. The van der Waals surface area contributed by atoms with Crippen molar-refractivity contribution in [2.75, 3.05) is 37.6 Å². The lowest BCUT2D eigenvalue weighted by molar-refractivity contribution is -0.138. The minimum Gasteiger partial charge on any atom is -0.361 e. The lowest BCUT2D eigenvalue weighted by atomic mass is 10.0. The van der Waals surface area contributed by atoms with E-state index in [0.29, 0.717) is 56.5 Å². The summed E-state index contributed by atoms with van der Waals surface area (Å²) in [4.78, 5) is 42.9. The Morgan fingerprint density at radius 1 is 1.08 bits per heavy atom. The molecule has 0 spiro atoms. The van der Waals surface area contributed by atoms with E-state index in [1.165, 1.54) is 19.1 Å². The van der Waals surface area contributed by atoms with Crippen LogP contribution in [0.15, 0.2) is 39.9 Å². The van der Waals surface area contributed by atoms with Gasteiger partial charge in [-0.1, -0.05) is 5.16 Å². The van der Waals surface area contributed by atoms with Crippen molar-refractivity contribution in [1.82, 2.24) is 15.0 Å². The molecule has 0 N–H and O–H groups in total. The second-order valence-electron chi connectivity index (χ2n) is 9.30. The second kappa shape index (κ2) is 10.8. The van der Waals surface area contributed by atoms with Crippen molar-refractivity contribution in [3.8, 4) is 6.07 Å². The van der Waals surface area contributed by atoms with Crippen LogP contribution >= 0.6 is 0 Å². The molecule has 0 atom stereocenters. The van der Waals surface area contributed by atoms with Gasteiger partial charge in [-0.3, -0.25) is 19.3 Å². The molecule has 0 aliphatic carbocycles. The smallest absolute Gasteiger partial charge is 0.361 e. The Bertz CT molecular complexity index is 1330. The number of unbranched alkanes of at least 4 members (excludes halogenated alkanes) is 1. The summed E-state index contributed by atoms with van der Waals surface area (Å²) in [7, 11) is 0. The maximum atomic E-state index is 13.4. The van der Waals surface area contributed by atoms with Crippen LogP contribution in [0.5, 0.6) is 0 Å². The van der Waals surface area contributed by atoms with Crippen molar-refractivity contribution in [3.05, 3.63) is 58.0 Å². The van der Waals surface area contributed by atoms with E-state index in [9.17, 15) is 27.6 Å². The molecule has 0 unspecified atom stereocenters. The number of nitriles is 1. The van der Waals surface area contributed by atoms with Gasteiger partial charge in [0.05, 0.1) is 22.9 Å². The third-order valence-corrected chi connectivity index (χ3v) is 6.78. The van der Waals surface area contributed by atoms with Crippen LogP contribution in [-0.4, -0.2) is 65.4 Å². The highest BCUT2D eigenvalue weighted by molar-refractivity contribution is 6.32. The third-order valence-electron chi connectivity index (χ3n) is 6.78. The van der Waals surface area contributed by atoms with Crippen LogP contribution in [0.2, 0.25) is 0 Å². The zero-order valence-electron chi connectivity index (χ0n) is 21.0. The number of hydrogen-bond acceptors (Lipinski definition) is 7. The van der Waals surface area contributed by atoms with Gasteiger partial charge in [0.1, 0.15) is 5.76 Å². The highest BCUT2D eigenvalue weighted by atomic mass is 19.4. The average Bonchev–Trinajstić information content (AvgIpc) is 3.41. The maximum absolute atomic E-state index is 13.4.